The number of rotatable bonds is 5. The molecule has 0 aliphatic heterocycles. The molecule has 2 nitrogen and oxygen atoms in total. The molecule has 0 heterocycles. The van der Waals surface area contributed by atoms with Gasteiger partial charge >= 0.3 is 0 Å². The molecule has 1 aliphatic rings. The standard InChI is InChI=1S/C16H23ClN2S/c1-2-13(11-7-4-3-5-8-11)19-14-10-6-9-12(17)15(14)16(18)20/h6,9-11,13,19H,2-5,7-8H2,1H3,(H2,18,20). The largest absolute Gasteiger partial charge is 0.389 e. The van der Waals surface area contributed by atoms with Crippen molar-refractivity contribution >= 4 is 34.5 Å². The Kier molecular flexibility index (Phi) is 5.67. The first-order valence-electron chi connectivity index (χ1n) is 7.48. The third kappa shape index (κ3) is 3.64. The van der Waals surface area contributed by atoms with E-state index in [4.69, 9.17) is 29.6 Å². The number of nitrogens with one attached hydrogen (secondary N) is 1. The molecule has 4 heteroatoms. The van der Waals surface area contributed by atoms with Gasteiger partial charge in [0.2, 0.25) is 0 Å². The maximum Gasteiger partial charge on any atom is 0.107 e. The van der Waals surface area contributed by atoms with Gasteiger partial charge in [0, 0.05) is 11.7 Å². The van der Waals surface area contributed by atoms with E-state index in [1.54, 1.807) is 0 Å². The lowest BCUT2D eigenvalue weighted by Crippen LogP contribution is -2.31. The highest BCUT2D eigenvalue weighted by Gasteiger charge is 2.23. The summed E-state index contributed by atoms with van der Waals surface area (Å²) in [7, 11) is 0. The molecular formula is C16H23ClN2S. The van der Waals surface area contributed by atoms with E-state index in [9.17, 15) is 0 Å². The Balaban J connectivity index is 2.18. The second-order valence-electron chi connectivity index (χ2n) is 5.58. The van der Waals surface area contributed by atoms with E-state index >= 15 is 0 Å². The van der Waals surface area contributed by atoms with E-state index in [2.05, 4.69) is 12.2 Å². The van der Waals surface area contributed by atoms with Crippen molar-refractivity contribution in [3.63, 3.8) is 0 Å². The van der Waals surface area contributed by atoms with E-state index in [1.807, 2.05) is 18.2 Å². The molecule has 1 saturated carbocycles. The zero-order chi connectivity index (χ0) is 14.5. The molecule has 1 aliphatic carbocycles. The van der Waals surface area contributed by atoms with Crippen molar-refractivity contribution in [2.45, 2.75) is 51.5 Å². The minimum atomic E-state index is 0.358. The van der Waals surface area contributed by atoms with Gasteiger partial charge in [-0.3, -0.25) is 0 Å². The van der Waals surface area contributed by atoms with E-state index in [-0.39, 0.29) is 0 Å². The summed E-state index contributed by atoms with van der Waals surface area (Å²) in [6.45, 7) is 2.23. The Morgan fingerprint density at radius 1 is 1.40 bits per heavy atom. The molecule has 0 aromatic heterocycles. The summed E-state index contributed by atoms with van der Waals surface area (Å²) in [5.41, 5.74) is 7.57. The first-order valence-corrected chi connectivity index (χ1v) is 8.27. The summed E-state index contributed by atoms with van der Waals surface area (Å²) in [6, 6.07) is 6.27. The minimum absolute atomic E-state index is 0.358. The van der Waals surface area contributed by atoms with Crippen molar-refractivity contribution in [3.8, 4) is 0 Å². The fraction of sp³-hybridized carbons (Fsp3) is 0.562. The van der Waals surface area contributed by atoms with Crippen molar-refractivity contribution in [2.75, 3.05) is 5.32 Å². The predicted molar refractivity (Wildman–Crippen MR) is 91.6 cm³/mol. The molecular weight excluding hydrogens is 288 g/mol. The molecule has 3 N–H and O–H groups in total. The zero-order valence-corrected chi connectivity index (χ0v) is 13.6. The van der Waals surface area contributed by atoms with Gasteiger partial charge in [0.15, 0.2) is 0 Å². The van der Waals surface area contributed by atoms with Crippen molar-refractivity contribution in [1.82, 2.24) is 0 Å². The van der Waals surface area contributed by atoms with Crippen LogP contribution in [0.2, 0.25) is 5.02 Å². The van der Waals surface area contributed by atoms with E-state index < -0.39 is 0 Å². The second kappa shape index (κ2) is 7.28. The second-order valence-corrected chi connectivity index (χ2v) is 6.43. The smallest absolute Gasteiger partial charge is 0.107 e. The number of hydrogen-bond acceptors (Lipinski definition) is 2. The fourth-order valence-corrected chi connectivity index (χ4v) is 3.74. The molecule has 0 saturated heterocycles. The molecule has 1 aromatic carbocycles. The number of hydrogen-bond donors (Lipinski definition) is 2. The van der Waals surface area contributed by atoms with Gasteiger partial charge in [0.1, 0.15) is 4.99 Å². The molecule has 0 radical (unpaired) electrons. The van der Waals surface area contributed by atoms with Crippen LogP contribution in [0.15, 0.2) is 18.2 Å². The number of nitrogens with two attached hydrogens (primary N) is 1. The first kappa shape index (κ1) is 15.6. The van der Waals surface area contributed by atoms with Gasteiger partial charge in [-0.1, -0.05) is 56.1 Å². The molecule has 0 spiro atoms. The highest BCUT2D eigenvalue weighted by atomic mass is 35.5. The molecule has 0 amide bonds. The molecule has 110 valence electrons. The highest BCUT2D eigenvalue weighted by molar-refractivity contribution is 7.80. The number of thiocarbonyl (C=S) groups is 1. The summed E-state index contributed by atoms with van der Waals surface area (Å²) in [4.78, 5) is 0.358. The minimum Gasteiger partial charge on any atom is -0.389 e. The van der Waals surface area contributed by atoms with Gasteiger partial charge < -0.3 is 11.1 Å². The van der Waals surface area contributed by atoms with Crippen LogP contribution in [-0.2, 0) is 0 Å². The lowest BCUT2D eigenvalue weighted by Gasteiger charge is -2.31. The zero-order valence-electron chi connectivity index (χ0n) is 12.0. The average molecular weight is 311 g/mol. The maximum absolute atomic E-state index is 6.23. The summed E-state index contributed by atoms with van der Waals surface area (Å²) in [6.07, 6.45) is 7.81. The van der Waals surface area contributed by atoms with Crippen LogP contribution in [0.1, 0.15) is 51.0 Å². The molecule has 0 bridgehead atoms. The van der Waals surface area contributed by atoms with E-state index in [1.165, 1.54) is 32.1 Å². The fourth-order valence-electron chi connectivity index (χ4n) is 3.18. The third-order valence-corrected chi connectivity index (χ3v) is 4.78. The quantitative estimate of drug-likeness (QED) is 0.771. The van der Waals surface area contributed by atoms with E-state index in [0.717, 1.165) is 23.6 Å². The van der Waals surface area contributed by atoms with Crippen molar-refractivity contribution in [3.05, 3.63) is 28.8 Å². The summed E-state index contributed by atoms with van der Waals surface area (Å²) >= 11 is 11.4. The number of benzene rings is 1. The van der Waals surface area contributed by atoms with Crippen LogP contribution in [0.5, 0.6) is 0 Å². The lowest BCUT2D eigenvalue weighted by molar-refractivity contribution is 0.313. The summed E-state index contributed by atoms with van der Waals surface area (Å²) < 4.78 is 0. The summed E-state index contributed by atoms with van der Waals surface area (Å²) in [5.74, 6) is 0.743. The SMILES string of the molecule is CCC(Nc1cccc(Cl)c1C(N)=S)C1CCCCC1. The Hall–Kier alpha value is -0.800. The molecule has 1 unspecified atom stereocenters. The van der Waals surface area contributed by atoms with Crippen LogP contribution in [0.25, 0.3) is 0 Å². The molecule has 20 heavy (non-hydrogen) atoms. The Bertz CT molecular complexity index is 470. The van der Waals surface area contributed by atoms with E-state index in [0.29, 0.717) is 16.1 Å². The first-order chi connectivity index (χ1) is 9.63. The van der Waals surface area contributed by atoms with Crippen LogP contribution in [0, 0.1) is 5.92 Å². The van der Waals surface area contributed by atoms with Gasteiger partial charge in [-0.2, -0.15) is 0 Å². The molecule has 1 atom stereocenters. The van der Waals surface area contributed by atoms with Crippen molar-refractivity contribution in [2.24, 2.45) is 11.7 Å². The normalized spacial score (nSPS) is 17.7. The third-order valence-electron chi connectivity index (χ3n) is 4.26. The highest BCUT2D eigenvalue weighted by Crippen LogP contribution is 2.31. The van der Waals surface area contributed by atoms with Crippen molar-refractivity contribution in [1.29, 1.82) is 0 Å². The predicted octanol–water partition coefficient (Wildman–Crippen LogP) is 4.75. The van der Waals surface area contributed by atoms with Crippen LogP contribution in [0.4, 0.5) is 5.69 Å². The van der Waals surface area contributed by atoms with Crippen LogP contribution in [-0.4, -0.2) is 11.0 Å². The summed E-state index contributed by atoms with van der Waals surface area (Å²) in [5, 5.41) is 4.26. The number of anilines is 1. The van der Waals surface area contributed by atoms with Crippen LogP contribution >= 0.6 is 23.8 Å². The molecule has 1 fully saturated rings. The molecule has 2 rings (SSSR count). The average Bonchev–Trinajstić information content (AvgIpc) is 2.45. The molecule has 1 aromatic rings. The Morgan fingerprint density at radius 3 is 2.70 bits per heavy atom. The Morgan fingerprint density at radius 2 is 2.10 bits per heavy atom. The van der Waals surface area contributed by atoms with Gasteiger partial charge in [0.25, 0.3) is 0 Å². The van der Waals surface area contributed by atoms with Crippen molar-refractivity contribution < 1.29 is 0 Å². The topological polar surface area (TPSA) is 38.0 Å². The van der Waals surface area contributed by atoms with Gasteiger partial charge in [-0.05, 0) is 37.3 Å². The monoisotopic (exact) mass is 310 g/mol. The van der Waals surface area contributed by atoms with Gasteiger partial charge in [-0.15, -0.1) is 0 Å². The van der Waals surface area contributed by atoms with Crippen LogP contribution < -0.4 is 11.1 Å². The van der Waals surface area contributed by atoms with Crippen LogP contribution in [0.3, 0.4) is 0 Å². The Labute approximate surface area is 132 Å². The van der Waals surface area contributed by atoms with Gasteiger partial charge in [0.05, 0.1) is 10.6 Å². The number of halogens is 1. The van der Waals surface area contributed by atoms with Gasteiger partial charge in [-0.25, -0.2) is 0 Å². The maximum atomic E-state index is 6.23. The lowest BCUT2D eigenvalue weighted by atomic mass is 9.82.